The zero-order valence-electron chi connectivity index (χ0n) is 14.3. The van der Waals surface area contributed by atoms with Crippen molar-refractivity contribution in [2.45, 2.75) is 13.1 Å². The number of carbonyl (C=O) groups is 1. The first kappa shape index (κ1) is 19.3. The van der Waals surface area contributed by atoms with E-state index in [1.54, 1.807) is 19.1 Å². The van der Waals surface area contributed by atoms with Crippen molar-refractivity contribution in [3.05, 3.63) is 64.0 Å². The maximum absolute atomic E-state index is 13.5. The number of benzene rings is 2. The zero-order chi connectivity index (χ0) is 20.5. The van der Waals surface area contributed by atoms with Gasteiger partial charge in [0.15, 0.2) is 0 Å². The Hall–Kier alpha value is -3.49. The second-order valence-corrected chi connectivity index (χ2v) is 5.82. The molecule has 0 unspecified atom stereocenters. The molecule has 0 spiro atoms. The van der Waals surface area contributed by atoms with Crippen molar-refractivity contribution in [2.24, 2.45) is 0 Å². The van der Waals surface area contributed by atoms with Crippen LogP contribution in [0.2, 0.25) is 0 Å². The van der Waals surface area contributed by atoms with Gasteiger partial charge in [-0.25, -0.2) is 0 Å². The van der Waals surface area contributed by atoms with E-state index in [4.69, 9.17) is 13.9 Å². The lowest BCUT2D eigenvalue weighted by atomic mass is 10.2. The fourth-order valence-corrected chi connectivity index (χ4v) is 2.46. The Morgan fingerprint density at radius 3 is 2.54 bits per heavy atom. The van der Waals surface area contributed by atoms with E-state index in [-0.39, 0.29) is 16.9 Å². The summed E-state index contributed by atoms with van der Waals surface area (Å²) in [5.41, 5.74) is -0.725. The summed E-state index contributed by atoms with van der Waals surface area (Å²) in [6.45, 7) is 0.908. The van der Waals surface area contributed by atoms with Crippen molar-refractivity contribution < 1.29 is 37.0 Å². The van der Waals surface area contributed by atoms with Gasteiger partial charge in [0.1, 0.15) is 23.7 Å². The number of aryl methyl sites for hydroxylation is 1. The number of fused-ring (bicyclic) bond motifs is 1. The van der Waals surface area contributed by atoms with E-state index < -0.39 is 41.3 Å². The van der Waals surface area contributed by atoms with Crippen LogP contribution in [0.1, 0.15) is 11.3 Å². The van der Waals surface area contributed by atoms with Crippen molar-refractivity contribution in [1.29, 1.82) is 0 Å². The van der Waals surface area contributed by atoms with Gasteiger partial charge in [-0.1, -0.05) is 12.1 Å². The van der Waals surface area contributed by atoms with Crippen LogP contribution in [-0.4, -0.2) is 12.6 Å². The van der Waals surface area contributed by atoms with Gasteiger partial charge in [-0.15, -0.1) is 0 Å². The minimum Gasteiger partial charge on any atom is -0.546 e. The van der Waals surface area contributed by atoms with Crippen LogP contribution >= 0.6 is 0 Å². The third-order valence-electron chi connectivity index (χ3n) is 3.65. The number of carboxylic acids is 1. The fourth-order valence-electron chi connectivity index (χ4n) is 2.46. The highest BCUT2D eigenvalue weighted by Gasteiger charge is 2.40. The van der Waals surface area contributed by atoms with Gasteiger partial charge in [0.25, 0.3) is 5.76 Å². The molecule has 0 bridgehead atoms. The summed E-state index contributed by atoms with van der Waals surface area (Å²) in [5.74, 6) is -4.16. The van der Waals surface area contributed by atoms with Crippen molar-refractivity contribution in [1.82, 2.24) is 0 Å². The van der Waals surface area contributed by atoms with Crippen molar-refractivity contribution in [3.8, 4) is 17.2 Å². The molecule has 0 saturated carbocycles. The summed E-state index contributed by atoms with van der Waals surface area (Å²) < 4.78 is 55.3. The first-order chi connectivity index (χ1) is 13.1. The molecule has 146 valence electrons. The predicted molar refractivity (Wildman–Crippen MR) is 89.2 cm³/mol. The highest BCUT2D eigenvalue weighted by Crippen LogP contribution is 2.38. The Labute approximate surface area is 155 Å². The van der Waals surface area contributed by atoms with E-state index in [2.05, 4.69) is 0 Å². The molecule has 6 nitrogen and oxygen atoms in total. The third kappa shape index (κ3) is 4.08. The molecular weight excluding hydrogens is 381 g/mol. The van der Waals surface area contributed by atoms with Crippen LogP contribution in [0.25, 0.3) is 11.0 Å². The van der Waals surface area contributed by atoms with Crippen LogP contribution in [0.3, 0.4) is 0 Å². The summed E-state index contributed by atoms with van der Waals surface area (Å²) in [6.07, 6.45) is -5.01. The average molecular weight is 393 g/mol. The molecule has 0 aliphatic heterocycles. The molecule has 0 saturated heterocycles. The quantitative estimate of drug-likeness (QED) is 0.662. The molecule has 1 heterocycles. The molecule has 0 atom stereocenters. The van der Waals surface area contributed by atoms with E-state index in [1.165, 1.54) is 18.2 Å². The van der Waals surface area contributed by atoms with Crippen LogP contribution < -0.4 is 20.0 Å². The monoisotopic (exact) mass is 393 g/mol. The molecule has 9 heteroatoms. The smallest absolute Gasteiger partial charge is 0.453 e. The number of hydrogen-bond acceptors (Lipinski definition) is 6. The highest BCUT2D eigenvalue weighted by molar-refractivity contribution is 5.80. The Morgan fingerprint density at radius 2 is 1.89 bits per heavy atom. The minimum atomic E-state index is -5.01. The fraction of sp³-hybridized carbons (Fsp3) is 0.158. The van der Waals surface area contributed by atoms with Crippen molar-refractivity contribution in [2.75, 3.05) is 6.61 Å². The maximum Gasteiger partial charge on any atom is 0.453 e. The number of hydrogen-bond donors (Lipinski definition) is 0. The summed E-state index contributed by atoms with van der Waals surface area (Å²) in [6, 6.07) is 9.55. The summed E-state index contributed by atoms with van der Waals surface area (Å²) in [7, 11) is 0. The Morgan fingerprint density at radius 1 is 1.14 bits per heavy atom. The first-order valence-electron chi connectivity index (χ1n) is 7.90. The maximum atomic E-state index is 13.5. The highest BCUT2D eigenvalue weighted by atomic mass is 19.4. The SMILES string of the molecule is Cc1cccc(Oc2c(C(F)(F)F)oc3cc(OCC(=O)[O-])ccc3c2=O)c1. The summed E-state index contributed by atoms with van der Waals surface area (Å²) in [4.78, 5) is 23.1. The van der Waals surface area contributed by atoms with Gasteiger partial charge in [0.05, 0.1) is 11.4 Å². The van der Waals surface area contributed by atoms with E-state index in [9.17, 15) is 27.9 Å². The average Bonchev–Trinajstić information content (AvgIpc) is 2.61. The van der Waals surface area contributed by atoms with Crippen molar-refractivity contribution in [3.63, 3.8) is 0 Å². The number of alkyl halides is 3. The van der Waals surface area contributed by atoms with E-state index in [1.807, 2.05) is 0 Å². The molecule has 0 aliphatic carbocycles. The summed E-state index contributed by atoms with van der Waals surface area (Å²) in [5, 5.41) is 10.3. The standard InChI is InChI=1S/C19H13F3O6/c1-10-3-2-4-12(7-10)27-17-16(25)13-6-5-11(26-9-15(23)24)8-14(13)28-18(17)19(20,21)22/h2-8H,9H2,1H3,(H,23,24)/p-1. The van der Waals surface area contributed by atoms with E-state index in [0.717, 1.165) is 17.7 Å². The van der Waals surface area contributed by atoms with Gasteiger partial charge >= 0.3 is 6.18 Å². The Balaban J connectivity index is 2.14. The normalized spacial score (nSPS) is 11.4. The van der Waals surface area contributed by atoms with Crippen LogP contribution in [0.4, 0.5) is 13.2 Å². The van der Waals surface area contributed by atoms with Crippen LogP contribution in [-0.2, 0) is 11.0 Å². The molecule has 3 aromatic rings. The molecule has 0 fully saturated rings. The molecule has 3 rings (SSSR count). The zero-order valence-corrected chi connectivity index (χ0v) is 14.3. The molecule has 28 heavy (non-hydrogen) atoms. The lowest BCUT2D eigenvalue weighted by molar-refractivity contribution is -0.307. The van der Waals surface area contributed by atoms with Gasteiger partial charge in [-0.2, -0.15) is 13.2 Å². The molecule has 0 N–H and O–H groups in total. The second kappa shape index (κ2) is 7.26. The molecular formula is C19H12F3O6-. The largest absolute Gasteiger partial charge is 0.546 e. The Kier molecular flexibility index (Phi) is 5.00. The Bertz CT molecular complexity index is 1100. The van der Waals surface area contributed by atoms with E-state index >= 15 is 0 Å². The number of halogens is 3. The predicted octanol–water partition coefficient (Wildman–Crippen LogP) is 3.04. The lowest BCUT2D eigenvalue weighted by Gasteiger charge is -2.14. The number of carbonyl (C=O) groups excluding carboxylic acids is 1. The van der Waals surface area contributed by atoms with Gasteiger partial charge in [0, 0.05) is 6.07 Å². The molecule has 0 radical (unpaired) electrons. The molecule has 0 aliphatic rings. The molecule has 0 amide bonds. The lowest BCUT2D eigenvalue weighted by Crippen LogP contribution is -2.28. The van der Waals surface area contributed by atoms with Crippen LogP contribution in [0.5, 0.6) is 17.2 Å². The summed E-state index contributed by atoms with van der Waals surface area (Å²) >= 11 is 0. The topological polar surface area (TPSA) is 88.8 Å². The number of carboxylic acid groups (broad SMARTS) is 1. The number of ether oxygens (including phenoxy) is 2. The van der Waals surface area contributed by atoms with Gasteiger partial charge < -0.3 is 23.8 Å². The number of aliphatic carboxylic acids is 1. The second-order valence-electron chi connectivity index (χ2n) is 5.82. The van der Waals surface area contributed by atoms with Gasteiger partial charge in [0.2, 0.25) is 11.2 Å². The first-order valence-corrected chi connectivity index (χ1v) is 7.90. The van der Waals surface area contributed by atoms with Crippen LogP contribution in [0, 0.1) is 6.92 Å². The van der Waals surface area contributed by atoms with Gasteiger partial charge in [-0.3, -0.25) is 4.79 Å². The van der Waals surface area contributed by atoms with Crippen molar-refractivity contribution >= 4 is 16.9 Å². The molecule has 2 aromatic carbocycles. The molecule has 1 aromatic heterocycles. The van der Waals surface area contributed by atoms with E-state index in [0.29, 0.717) is 0 Å². The number of rotatable bonds is 5. The van der Waals surface area contributed by atoms with Gasteiger partial charge in [-0.05, 0) is 36.8 Å². The minimum absolute atomic E-state index is 0.0473. The third-order valence-corrected chi connectivity index (χ3v) is 3.65. The van der Waals surface area contributed by atoms with Crippen LogP contribution in [0.15, 0.2) is 51.7 Å².